The number of primary amides is 1. The van der Waals surface area contributed by atoms with Gasteiger partial charge in [-0.3, -0.25) is 9.59 Å². The third-order valence-corrected chi connectivity index (χ3v) is 3.15. The lowest BCUT2D eigenvalue weighted by Crippen LogP contribution is -2.43. The molecule has 17 heavy (non-hydrogen) atoms. The Hall–Kier alpha value is -1.10. The molecule has 1 rings (SSSR count). The molecular weight excluding hydrogens is 220 g/mol. The van der Waals surface area contributed by atoms with Crippen LogP contribution in [-0.2, 0) is 14.3 Å². The summed E-state index contributed by atoms with van der Waals surface area (Å²) >= 11 is 0. The summed E-state index contributed by atoms with van der Waals surface area (Å²) in [5.74, 6) is -0.690. The third kappa shape index (κ3) is 4.34. The second-order valence-electron chi connectivity index (χ2n) is 4.53. The average molecular weight is 241 g/mol. The predicted octanol–water partition coefficient (Wildman–Crippen LogP) is 0.340. The summed E-state index contributed by atoms with van der Waals surface area (Å²) in [5.41, 5.74) is 5.14. The first kappa shape index (κ1) is 14.0. The van der Waals surface area contributed by atoms with Crippen molar-refractivity contribution in [2.24, 2.45) is 11.7 Å². The van der Waals surface area contributed by atoms with E-state index < -0.39 is 0 Å². The van der Waals surface area contributed by atoms with Crippen molar-refractivity contribution in [3.63, 3.8) is 0 Å². The minimum atomic E-state index is -0.373. The Labute approximate surface area is 102 Å². The van der Waals surface area contributed by atoms with E-state index in [0.29, 0.717) is 13.0 Å². The molecule has 0 aromatic rings. The number of amides is 2. The molecule has 1 heterocycles. The van der Waals surface area contributed by atoms with E-state index in [1.165, 1.54) is 0 Å². The Morgan fingerprint density at radius 2 is 2.29 bits per heavy atom. The fourth-order valence-electron chi connectivity index (χ4n) is 1.85. The number of nitrogens with two attached hydrogens (primary N) is 1. The van der Waals surface area contributed by atoms with Gasteiger partial charge in [0, 0.05) is 26.1 Å². The van der Waals surface area contributed by atoms with Crippen molar-refractivity contribution >= 4 is 11.8 Å². The molecule has 1 aliphatic heterocycles. The summed E-state index contributed by atoms with van der Waals surface area (Å²) < 4.78 is 5.25. The fraction of sp³-hybridized carbons (Fsp3) is 0.750. The van der Waals surface area contributed by atoms with Gasteiger partial charge in [0.25, 0.3) is 0 Å². The molecule has 1 radical (unpaired) electrons. The number of hydrogen-bond donors (Lipinski definition) is 1. The Morgan fingerprint density at radius 3 is 2.88 bits per heavy atom. The van der Waals surface area contributed by atoms with Crippen molar-refractivity contribution in [3.8, 4) is 0 Å². The molecule has 5 nitrogen and oxygen atoms in total. The number of methoxy groups -OCH3 is 1. The lowest BCUT2D eigenvalue weighted by Gasteiger charge is -2.32. The molecule has 1 saturated heterocycles. The zero-order valence-corrected chi connectivity index (χ0v) is 10.5. The summed E-state index contributed by atoms with van der Waals surface area (Å²) in [4.78, 5) is 24.5. The number of rotatable bonds is 5. The number of carbonyl (C=O) groups excluding carboxylic acids is 2. The van der Waals surface area contributed by atoms with Gasteiger partial charge in [-0.25, -0.2) is 0 Å². The Morgan fingerprint density at radius 1 is 1.59 bits per heavy atom. The van der Waals surface area contributed by atoms with Gasteiger partial charge in [0.1, 0.15) is 0 Å². The van der Waals surface area contributed by atoms with E-state index in [9.17, 15) is 9.59 Å². The molecule has 2 N–H and O–H groups in total. The van der Waals surface area contributed by atoms with Gasteiger partial charge in [0.2, 0.25) is 11.8 Å². The quantitative estimate of drug-likeness (QED) is 0.754. The van der Waals surface area contributed by atoms with E-state index in [1.54, 1.807) is 25.4 Å². The van der Waals surface area contributed by atoms with Crippen LogP contribution in [-0.4, -0.2) is 43.0 Å². The van der Waals surface area contributed by atoms with E-state index in [0.717, 1.165) is 19.4 Å². The van der Waals surface area contributed by atoms with E-state index >= 15 is 0 Å². The van der Waals surface area contributed by atoms with Crippen molar-refractivity contribution in [1.29, 1.82) is 0 Å². The van der Waals surface area contributed by atoms with Crippen LogP contribution in [0.3, 0.4) is 0 Å². The number of piperidine rings is 1. The highest BCUT2D eigenvalue weighted by atomic mass is 16.5. The van der Waals surface area contributed by atoms with Crippen molar-refractivity contribution in [1.82, 2.24) is 4.90 Å². The summed E-state index contributed by atoms with van der Waals surface area (Å²) in [5, 5.41) is 0. The summed E-state index contributed by atoms with van der Waals surface area (Å²) in [7, 11) is 1.66. The number of nitrogens with zero attached hydrogens (tertiary/aromatic N) is 1. The highest BCUT2D eigenvalue weighted by Gasteiger charge is 2.24. The molecule has 1 unspecified atom stereocenters. The largest absolute Gasteiger partial charge is 0.380 e. The van der Waals surface area contributed by atoms with E-state index in [1.807, 2.05) is 0 Å². The Balaban J connectivity index is 2.34. The van der Waals surface area contributed by atoms with Gasteiger partial charge in [-0.2, -0.15) is 0 Å². The highest BCUT2D eigenvalue weighted by Crippen LogP contribution is 2.14. The van der Waals surface area contributed by atoms with Gasteiger partial charge in [0.05, 0.1) is 12.5 Å². The Bertz CT molecular complexity index is 281. The van der Waals surface area contributed by atoms with Crippen LogP contribution in [0.2, 0.25) is 0 Å². The van der Waals surface area contributed by atoms with Gasteiger partial charge >= 0.3 is 0 Å². The maximum Gasteiger partial charge on any atom is 0.226 e. The third-order valence-electron chi connectivity index (χ3n) is 3.15. The van der Waals surface area contributed by atoms with Crippen LogP contribution in [0.4, 0.5) is 0 Å². The molecule has 0 saturated carbocycles. The molecule has 0 aliphatic carbocycles. The van der Waals surface area contributed by atoms with Crippen molar-refractivity contribution < 1.29 is 14.3 Å². The molecule has 0 aromatic heterocycles. The minimum absolute atomic E-state index is 0.0279. The molecule has 0 spiro atoms. The molecule has 0 bridgehead atoms. The van der Waals surface area contributed by atoms with Crippen LogP contribution in [0, 0.1) is 12.3 Å². The fourth-order valence-corrected chi connectivity index (χ4v) is 1.85. The smallest absolute Gasteiger partial charge is 0.226 e. The van der Waals surface area contributed by atoms with Crippen LogP contribution in [0.25, 0.3) is 0 Å². The summed E-state index contributed by atoms with van der Waals surface area (Å²) in [6.45, 7) is 3.12. The maximum absolute atomic E-state index is 11.8. The van der Waals surface area contributed by atoms with Gasteiger partial charge in [0.15, 0.2) is 0 Å². The number of likely N-dealkylation sites (tertiary alicyclic amines) is 1. The van der Waals surface area contributed by atoms with Crippen molar-refractivity contribution in [2.75, 3.05) is 20.2 Å². The standard InChI is InChI=1S/C12H21N2O3/c1-9(12(13)16)5-6-11(15)14-7-3-4-10(8-14)17-2/h6,9-10H,3-5,7-8H2,1-2H3,(H2,13,16)/t9?,10-/m0/s1. The van der Waals surface area contributed by atoms with Crippen LogP contribution >= 0.6 is 0 Å². The normalized spacial score (nSPS) is 22.2. The van der Waals surface area contributed by atoms with Crippen molar-refractivity contribution in [2.45, 2.75) is 32.3 Å². The second-order valence-corrected chi connectivity index (χ2v) is 4.53. The monoisotopic (exact) mass is 241 g/mol. The molecule has 2 amide bonds. The van der Waals surface area contributed by atoms with Crippen LogP contribution in [0.5, 0.6) is 0 Å². The molecular formula is C12H21N2O3. The van der Waals surface area contributed by atoms with Crippen LogP contribution in [0.15, 0.2) is 0 Å². The molecule has 0 aromatic carbocycles. The minimum Gasteiger partial charge on any atom is -0.380 e. The predicted molar refractivity (Wildman–Crippen MR) is 63.9 cm³/mol. The van der Waals surface area contributed by atoms with E-state index in [-0.39, 0.29) is 23.8 Å². The van der Waals surface area contributed by atoms with E-state index in [4.69, 9.17) is 10.5 Å². The Kier molecular flexibility index (Phi) is 5.41. The van der Waals surface area contributed by atoms with Crippen LogP contribution < -0.4 is 5.73 Å². The van der Waals surface area contributed by atoms with E-state index in [2.05, 4.69) is 0 Å². The van der Waals surface area contributed by atoms with Gasteiger partial charge in [-0.1, -0.05) is 6.92 Å². The van der Waals surface area contributed by atoms with Crippen LogP contribution in [0.1, 0.15) is 26.2 Å². The van der Waals surface area contributed by atoms with Crippen molar-refractivity contribution in [3.05, 3.63) is 6.42 Å². The topological polar surface area (TPSA) is 72.6 Å². The first-order valence-corrected chi connectivity index (χ1v) is 5.98. The number of carbonyl (C=O) groups is 2. The molecule has 1 aliphatic rings. The molecule has 97 valence electrons. The zero-order chi connectivity index (χ0) is 12.8. The lowest BCUT2D eigenvalue weighted by molar-refractivity contribution is -0.131. The second kappa shape index (κ2) is 6.59. The first-order valence-electron chi connectivity index (χ1n) is 5.98. The lowest BCUT2D eigenvalue weighted by atomic mass is 10.0. The number of ether oxygens (including phenoxy) is 1. The van der Waals surface area contributed by atoms with Gasteiger partial charge in [-0.15, -0.1) is 0 Å². The first-order chi connectivity index (χ1) is 8.04. The maximum atomic E-state index is 11.8. The summed E-state index contributed by atoms with van der Waals surface area (Å²) in [6.07, 6.45) is 4.05. The average Bonchev–Trinajstić information content (AvgIpc) is 2.35. The number of hydrogen-bond acceptors (Lipinski definition) is 3. The zero-order valence-electron chi connectivity index (χ0n) is 10.5. The molecule has 2 atom stereocenters. The SMILES string of the molecule is CO[C@H]1CCCN(C(=O)[CH]CC(C)C(N)=O)C1. The van der Waals surface area contributed by atoms with Gasteiger partial charge in [-0.05, 0) is 19.3 Å². The highest BCUT2D eigenvalue weighted by molar-refractivity contribution is 5.86. The van der Waals surface area contributed by atoms with Gasteiger partial charge < -0.3 is 15.4 Å². The molecule has 5 heteroatoms. The molecule has 1 fully saturated rings. The summed E-state index contributed by atoms with van der Waals surface area (Å²) in [6, 6.07) is 0.